The summed E-state index contributed by atoms with van der Waals surface area (Å²) >= 11 is 6.03. The predicted octanol–water partition coefficient (Wildman–Crippen LogP) is 3.53. The van der Waals surface area contributed by atoms with Gasteiger partial charge in [-0.05, 0) is 31.0 Å². The van der Waals surface area contributed by atoms with E-state index >= 15 is 0 Å². The Morgan fingerprint density at radius 3 is 2.47 bits per heavy atom. The molecule has 0 aromatic heterocycles. The first kappa shape index (κ1) is 14.0. The second kappa shape index (κ2) is 6.15. The zero-order valence-electron chi connectivity index (χ0n) is 10.7. The van der Waals surface area contributed by atoms with Gasteiger partial charge in [-0.3, -0.25) is 11.3 Å². The quantitative estimate of drug-likeness (QED) is 0.663. The van der Waals surface area contributed by atoms with Crippen molar-refractivity contribution >= 4 is 11.6 Å². The van der Waals surface area contributed by atoms with E-state index in [0.29, 0.717) is 17.0 Å². The van der Waals surface area contributed by atoms with Gasteiger partial charge in [0.05, 0.1) is 6.04 Å². The number of hydrazine groups is 1. The van der Waals surface area contributed by atoms with Crippen molar-refractivity contribution in [1.82, 2.24) is 5.43 Å². The molecule has 0 bridgehead atoms. The van der Waals surface area contributed by atoms with E-state index in [9.17, 15) is 4.39 Å². The highest BCUT2D eigenvalue weighted by atomic mass is 35.5. The van der Waals surface area contributed by atoms with E-state index in [-0.39, 0.29) is 11.9 Å². The summed E-state index contributed by atoms with van der Waals surface area (Å²) in [6.45, 7) is 2.02. The van der Waals surface area contributed by atoms with Crippen molar-refractivity contribution in [3.05, 3.63) is 70.0 Å². The Bertz CT molecular complexity index is 534. The molecule has 0 amide bonds. The summed E-state index contributed by atoms with van der Waals surface area (Å²) in [7, 11) is 0. The molecule has 100 valence electrons. The van der Waals surface area contributed by atoms with Crippen LogP contribution in [-0.2, 0) is 6.42 Å². The van der Waals surface area contributed by atoms with Gasteiger partial charge in [0.25, 0.3) is 0 Å². The molecule has 1 unspecified atom stereocenters. The number of halogens is 2. The maximum Gasteiger partial charge on any atom is 0.127 e. The molecule has 0 saturated carbocycles. The van der Waals surface area contributed by atoms with Gasteiger partial charge in [-0.1, -0.05) is 47.5 Å². The molecule has 0 heterocycles. The first-order chi connectivity index (χ1) is 9.11. The van der Waals surface area contributed by atoms with Gasteiger partial charge in [-0.2, -0.15) is 0 Å². The molecule has 19 heavy (non-hydrogen) atoms. The molecule has 2 aromatic carbocycles. The van der Waals surface area contributed by atoms with Crippen LogP contribution >= 0.6 is 11.6 Å². The second-order valence-electron chi connectivity index (χ2n) is 4.53. The van der Waals surface area contributed by atoms with Gasteiger partial charge >= 0.3 is 0 Å². The van der Waals surface area contributed by atoms with Gasteiger partial charge in [0.2, 0.25) is 0 Å². The lowest BCUT2D eigenvalue weighted by molar-refractivity contribution is 0.529. The van der Waals surface area contributed by atoms with E-state index < -0.39 is 0 Å². The molecule has 3 N–H and O–H groups in total. The summed E-state index contributed by atoms with van der Waals surface area (Å²) < 4.78 is 13.8. The van der Waals surface area contributed by atoms with Crippen molar-refractivity contribution in [2.24, 2.45) is 5.84 Å². The first-order valence-electron chi connectivity index (χ1n) is 6.07. The van der Waals surface area contributed by atoms with Crippen molar-refractivity contribution in [3.8, 4) is 0 Å². The zero-order chi connectivity index (χ0) is 13.8. The van der Waals surface area contributed by atoms with E-state index in [4.69, 9.17) is 17.4 Å². The molecule has 0 aliphatic carbocycles. The smallest absolute Gasteiger partial charge is 0.127 e. The molecule has 2 rings (SSSR count). The van der Waals surface area contributed by atoms with E-state index in [2.05, 4.69) is 5.43 Å². The molecule has 0 radical (unpaired) electrons. The molecule has 0 saturated heterocycles. The summed E-state index contributed by atoms with van der Waals surface area (Å²) in [4.78, 5) is 0. The fourth-order valence-corrected chi connectivity index (χ4v) is 2.24. The average molecular weight is 279 g/mol. The summed E-state index contributed by atoms with van der Waals surface area (Å²) in [5, 5.41) is 0.423. The van der Waals surface area contributed by atoms with Crippen molar-refractivity contribution < 1.29 is 4.39 Å². The van der Waals surface area contributed by atoms with Crippen molar-refractivity contribution in [2.75, 3.05) is 0 Å². The molecule has 4 heteroatoms. The molecule has 2 aromatic rings. The summed E-state index contributed by atoms with van der Waals surface area (Å²) in [6, 6.07) is 12.5. The molecular weight excluding hydrogens is 263 g/mol. The number of nitrogens with two attached hydrogens (primary N) is 1. The van der Waals surface area contributed by atoms with Gasteiger partial charge in [-0.25, -0.2) is 4.39 Å². The van der Waals surface area contributed by atoms with Crippen LogP contribution in [0.1, 0.15) is 22.7 Å². The highest BCUT2D eigenvalue weighted by Crippen LogP contribution is 2.25. The molecule has 0 spiro atoms. The standard InChI is InChI=1S/C15H16ClFN2/c1-10-5-7-11(8-6-10)15(19-18)9-12-13(16)3-2-4-14(12)17/h2-8,15,19H,9,18H2,1H3. The third-order valence-corrected chi connectivity index (χ3v) is 3.50. The van der Waals surface area contributed by atoms with Gasteiger partial charge in [0, 0.05) is 10.6 Å². The summed E-state index contributed by atoms with van der Waals surface area (Å²) in [6.07, 6.45) is 0.408. The molecule has 0 fully saturated rings. The largest absolute Gasteiger partial charge is 0.271 e. The SMILES string of the molecule is Cc1ccc(C(Cc2c(F)cccc2Cl)NN)cc1. The number of aryl methyl sites for hydroxylation is 1. The van der Waals surface area contributed by atoms with Crippen LogP contribution in [-0.4, -0.2) is 0 Å². The topological polar surface area (TPSA) is 38.0 Å². The lowest BCUT2D eigenvalue weighted by Gasteiger charge is -2.17. The number of benzene rings is 2. The maximum atomic E-state index is 13.8. The number of hydrogen-bond donors (Lipinski definition) is 2. The lowest BCUT2D eigenvalue weighted by Crippen LogP contribution is -2.29. The van der Waals surface area contributed by atoms with Crippen LogP contribution in [0.25, 0.3) is 0 Å². The van der Waals surface area contributed by atoms with Crippen LogP contribution in [0.4, 0.5) is 4.39 Å². The average Bonchev–Trinajstić information content (AvgIpc) is 2.40. The Morgan fingerprint density at radius 2 is 1.89 bits per heavy atom. The predicted molar refractivity (Wildman–Crippen MR) is 76.4 cm³/mol. The molecule has 0 aliphatic heterocycles. The summed E-state index contributed by atoms with van der Waals surface area (Å²) in [5.74, 6) is 5.27. The van der Waals surface area contributed by atoms with Crippen LogP contribution in [0.5, 0.6) is 0 Å². The van der Waals surface area contributed by atoms with E-state index in [1.54, 1.807) is 12.1 Å². The van der Waals surface area contributed by atoms with E-state index in [0.717, 1.165) is 5.56 Å². The Kier molecular flexibility index (Phi) is 4.53. The third kappa shape index (κ3) is 3.32. The first-order valence-corrected chi connectivity index (χ1v) is 6.45. The maximum absolute atomic E-state index is 13.8. The fourth-order valence-electron chi connectivity index (χ4n) is 2.00. The van der Waals surface area contributed by atoms with Crippen molar-refractivity contribution in [1.29, 1.82) is 0 Å². The Labute approximate surface area is 117 Å². The highest BCUT2D eigenvalue weighted by Gasteiger charge is 2.15. The van der Waals surface area contributed by atoms with Gasteiger partial charge < -0.3 is 0 Å². The number of nitrogens with one attached hydrogen (secondary N) is 1. The second-order valence-corrected chi connectivity index (χ2v) is 4.94. The minimum Gasteiger partial charge on any atom is -0.271 e. The Balaban J connectivity index is 2.26. The normalized spacial score (nSPS) is 12.4. The van der Waals surface area contributed by atoms with E-state index in [1.807, 2.05) is 31.2 Å². The van der Waals surface area contributed by atoms with Crippen LogP contribution < -0.4 is 11.3 Å². The molecule has 2 nitrogen and oxygen atoms in total. The van der Waals surface area contributed by atoms with E-state index in [1.165, 1.54) is 11.6 Å². The highest BCUT2D eigenvalue weighted by molar-refractivity contribution is 6.31. The molecule has 0 aliphatic rings. The summed E-state index contributed by atoms with van der Waals surface area (Å²) in [5.41, 5.74) is 5.37. The van der Waals surface area contributed by atoms with Gasteiger partial charge in [0.1, 0.15) is 5.82 Å². The minimum absolute atomic E-state index is 0.171. The van der Waals surface area contributed by atoms with Gasteiger partial charge in [-0.15, -0.1) is 0 Å². The Hall–Kier alpha value is -1.42. The molecular formula is C15H16ClFN2. The van der Waals surface area contributed by atoms with Crippen LogP contribution in [0.2, 0.25) is 5.02 Å². The fraction of sp³-hybridized carbons (Fsp3) is 0.200. The van der Waals surface area contributed by atoms with Crippen molar-refractivity contribution in [3.63, 3.8) is 0 Å². The van der Waals surface area contributed by atoms with Crippen LogP contribution in [0.15, 0.2) is 42.5 Å². The monoisotopic (exact) mass is 278 g/mol. The van der Waals surface area contributed by atoms with Crippen molar-refractivity contribution in [2.45, 2.75) is 19.4 Å². The minimum atomic E-state index is -0.306. The van der Waals surface area contributed by atoms with Crippen LogP contribution in [0, 0.1) is 12.7 Å². The number of rotatable bonds is 4. The lowest BCUT2D eigenvalue weighted by atomic mass is 9.98. The Morgan fingerprint density at radius 1 is 1.21 bits per heavy atom. The van der Waals surface area contributed by atoms with Crippen LogP contribution in [0.3, 0.4) is 0 Å². The zero-order valence-corrected chi connectivity index (χ0v) is 11.4. The van der Waals surface area contributed by atoms with Gasteiger partial charge in [0.15, 0.2) is 0 Å². The number of hydrogen-bond acceptors (Lipinski definition) is 2. The molecule has 1 atom stereocenters. The third-order valence-electron chi connectivity index (χ3n) is 3.15.